The Morgan fingerprint density at radius 1 is 1.24 bits per heavy atom. The van der Waals surface area contributed by atoms with Crippen LogP contribution in [0.3, 0.4) is 0 Å². The second-order valence-corrected chi connectivity index (χ2v) is 5.44. The lowest BCUT2D eigenvalue weighted by Crippen LogP contribution is -2.32. The molecule has 1 aromatic carbocycles. The van der Waals surface area contributed by atoms with Crippen molar-refractivity contribution in [3.63, 3.8) is 0 Å². The number of benzene rings is 1. The van der Waals surface area contributed by atoms with Crippen molar-refractivity contribution >= 4 is 15.9 Å². The molecule has 4 heteroatoms. The molecule has 2 N–H and O–H groups in total. The summed E-state index contributed by atoms with van der Waals surface area (Å²) in [4.78, 5) is 0. The summed E-state index contributed by atoms with van der Waals surface area (Å²) in [5.41, 5.74) is 0.232. The topological polar surface area (TPSA) is 40.5 Å². The monoisotopic (exact) mass is 304 g/mol. The van der Waals surface area contributed by atoms with Crippen molar-refractivity contribution in [3.8, 4) is 0 Å². The molecule has 1 aromatic rings. The first-order valence-electron chi connectivity index (χ1n) is 5.72. The SMILES string of the molecule is CCCC(CO)(CO)Cc1cc(F)cc(Br)c1. The van der Waals surface area contributed by atoms with Gasteiger partial charge in [-0.1, -0.05) is 29.3 Å². The Kier molecular flexibility index (Phi) is 5.56. The van der Waals surface area contributed by atoms with Crippen molar-refractivity contribution in [1.82, 2.24) is 0 Å². The summed E-state index contributed by atoms with van der Waals surface area (Å²) in [5, 5.41) is 18.9. The van der Waals surface area contributed by atoms with Gasteiger partial charge >= 0.3 is 0 Å². The van der Waals surface area contributed by atoms with Gasteiger partial charge in [0.2, 0.25) is 0 Å². The molecule has 0 heterocycles. The molecule has 0 amide bonds. The van der Waals surface area contributed by atoms with Crippen LogP contribution < -0.4 is 0 Å². The van der Waals surface area contributed by atoms with E-state index in [1.165, 1.54) is 12.1 Å². The van der Waals surface area contributed by atoms with E-state index in [1.807, 2.05) is 13.0 Å². The molecule has 0 unspecified atom stereocenters. The summed E-state index contributed by atoms with van der Waals surface area (Å²) in [7, 11) is 0. The summed E-state index contributed by atoms with van der Waals surface area (Å²) in [6.45, 7) is 1.82. The van der Waals surface area contributed by atoms with Gasteiger partial charge in [0.25, 0.3) is 0 Å². The Morgan fingerprint density at radius 2 is 1.88 bits per heavy atom. The third-order valence-electron chi connectivity index (χ3n) is 2.95. The lowest BCUT2D eigenvalue weighted by molar-refractivity contribution is 0.0465. The summed E-state index contributed by atoms with van der Waals surface area (Å²) >= 11 is 3.24. The largest absolute Gasteiger partial charge is 0.396 e. The van der Waals surface area contributed by atoms with Crippen LogP contribution in [0.2, 0.25) is 0 Å². The quantitative estimate of drug-likeness (QED) is 0.848. The van der Waals surface area contributed by atoms with E-state index in [4.69, 9.17) is 0 Å². The molecular formula is C13H18BrFO2. The second-order valence-electron chi connectivity index (χ2n) is 4.52. The van der Waals surface area contributed by atoms with E-state index in [1.54, 1.807) is 0 Å². The Balaban J connectivity index is 2.92. The molecule has 0 aliphatic rings. The molecule has 0 aromatic heterocycles. The van der Waals surface area contributed by atoms with Gasteiger partial charge in [-0.3, -0.25) is 0 Å². The van der Waals surface area contributed by atoms with Crippen LogP contribution in [0, 0.1) is 11.2 Å². The molecule has 0 radical (unpaired) electrons. The average molecular weight is 305 g/mol. The molecule has 0 spiro atoms. The van der Waals surface area contributed by atoms with Crippen LogP contribution in [0.5, 0.6) is 0 Å². The number of hydrogen-bond donors (Lipinski definition) is 2. The van der Waals surface area contributed by atoms with E-state index >= 15 is 0 Å². The zero-order chi connectivity index (χ0) is 12.9. The molecule has 0 aliphatic heterocycles. The smallest absolute Gasteiger partial charge is 0.124 e. The van der Waals surface area contributed by atoms with Crippen LogP contribution in [0.4, 0.5) is 4.39 Å². The van der Waals surface area contributed by atoms with Crippen LogP contribution in [0.25, 0.3) is 0 Å². The van der Waals surface area contributed by atoms with Crippen LogP contribution in [0.15, 0.2) is 22.7 Å². The van der Waals surface area contributed by atoms with E-state index in [0.717, 1.165) is 12.0 Å². The van der Waals surface area contributed by atoms with Gasteiger partial charge in [0.05, 0.1) is 13.2 Å². The second kappa shape index (κ2) is 6.47. The maximum absolute atomic E-state index is 13.2. The Bertz CT molecular complexity index is 344. The number of rotatable bonds is 6. The first-order valence-corrected chi connectivity index (χ1v) is 6.51. The minimum atomic E-state index is -0.554. The highest BCUT2D eigenvalue weighted by Gasteiger charge is 2.28. The van der Waals surface area contributed by atoms with Crippen molar-refractivity contribution in [2.24, 2.45) is 5.41 Å². The normalized spacial score (nSPS) is 11.8. The first kappa shape index (κ1) is 14.6. The lowest BCUT2D eigenvalue weighted by Gasteiger charge is -2.29. The number of aliphatic hydroxyl groups excluding tert-OH is 2. The number of halogens is 2. The van der Waals surface area contributed by atoms with Gasteiger partial charge in [-0.25, -0.2) is 4.39 Å². The van der Waals surface area contributed by atoms with Crippen molar-refractivity contribution in [2.45, 2.75) is 26.2 Å². The Labute approximate surface area is 110 Å². The van der Waals surface area contributed by atoms with Gasteiger partial charge in [-0.15, -0.1) is 0 Å². The van der Waals surface area contributed by atoms with Gasteiger partial charge in [0.15, 0.2) is 0 Å². The van der Waals surface area contributed by atoms with Crippen LogP contribution in [-0.2, 0) is 6.42 Å². The first-order chi connectivity index (χ1) is 8.05. The predicted octanol–water partition coefficient (Wildman–Crippen LogP) is 2.90. The fourth-order valence-corrected chi connectivity index (χ4v) is 2.60. The van der Waals surface area contributed by atoms with Crippen molar-refractivity contribution in [1.29, 1.82) is 0 Å². The highest BCUT2D eigenvalue weighted by atomic mass is 79.9. The summed E-state index contributed by atoms with van der Waals surface area (Å²) in [6.07, 6.45) is 2.07. The van der Waals surface area contributed by atoms with E-state index < -0.39 is 5.41 Å². The standard InChI is InChI=1S/C13H18BrFO2/c1-2-3-13(8-16,9-17)7-10-4-11(14)6-12(15)5-10/h4-6,16-17H,2-3,7-9H2,1H3. The number of hydrogen-bond acceptors (Lipinski definition) is 2. The zero-order valence-corrected chi connectivity index (χ0v) is 11.5. The molecule has 17 heavy (non-hydrogen) atoms. The zero-order valence-electron chi connectivity index (χ0n) is 9.92. The molecular weight excluding hydrogens is 287 g/mol. The average Bonchev–Trinajstić information content (AvgIpc) is 2.27. The molecule has 96 valence electrons. The molecule has 0 atom stereocenters. The lowest BCUT2D eigenvalue weighted by atomic mass is 9.79. The van der Waals surface area contributed by atoms with Crippen LogP contribution >= 0.6 is 15.9 Å². The van der Waals surface area contributed by atoms with Crippen LogP contribution in [-0.4, -0.2) is 23.4 Å². The fourth-order valence-electron chi connectivity index (χ4n) is 2.08. The van der Waals surface area contributed by atoms with Crippen molar-refractivity contribution in [3.05, 3.63) is 34.1 Å². The minimum Gasteiger partial charge on any atom is -0.396 e. The van der Waals surface area contributed by atoms with Gasteiger partial charge in [-0.2, -0.15) is 0 Å². The molecule has 0 aliphatic carbocycles. The van der Waals surface area contributed by atoms with Gasteiger partial charge in [-0.05, 0) is 36.6 Å². The maximum Gasteiger partial charge on any atom is 0.124 e. The molecule has 0 saturated heterocycles. The van der Waals surface area contributed by atoms with E-state index in [0.29, 0.717) is 17.3 Å². The molecule has 2 nitrogen and oxygen atoms in total. The van der Waals surface area contributed by atoms with Crippen LogP contribution in [0.1, 0.15) is 25.3 Å². The number of aliphatic hydroxyl groups is 2. The van der Waals surface area contributed by atoms with Crippen molar-refractivity contribution < 1.29 is 14.6 Å². The molecule has 0 fully saturated rings. The predicted molar refractivity (Wildman–Crippen MR) is 69.3 cm³/mol. The van der Waals surface area contributed by atoms with E-state index in [9.17, 15) is 14.6 Å². The molecule has 0 bridgehead atoms. The third kappa shape index (κ3) is 4.05. The Morgan fingerprint density at radius 3 is 2.35 bits per heavy atom. The highest BCUT2D eigenvalue weighted by molar-refractivity contribution is 9.10. The summed E-state index contributed by atoms with van der Waals surface area (Å²) in [5.74, 6) is -0.310. The van der Waals surface area contributed by atoms with Crippen molar-refractivity contribution in [2.75, 3.05) is 13.2 Å². The summed E-state index contributed by atoms with van der Waals surface area (Å²) in [6, 6.07) is 4.65. The molecule has 1 rings (SSSR count). The van der Waals surface area contributed by atoms with Gasteiger partial charge in [0, 0.05) is 9.89 Å². The molecule has 0 saturated carbocycles. The van der Waals surface area contributed by atoms with Gasteiger partial charge in [0.1, 0.15) is 5.82 Å². The Hall–Kier alpha value is -0.450. The minimum absolute atomic E-state index is 0.0918. The highest BCUT2D eigenvalue weighted by Crippen LogP contribution is 2.29. The maximum atomic E-state index is 13.2. The van der Waals surface area contributed by atoms with E-state index in [2.05, 4.69) is 15.9 Å². The van der Waals surface area contributed by atoms with Gasteiger partial charge < -0.3 is 10.2 Å². The third-order valence-corrected chi connectivity index (χ3v) is 3.41. The van der Waals surface area contributed by atoms with E-state index in [-0.39, 0.29) is 19.0 Å². The summed E-state index contributed by atoms with van der Waals surface area (Å²) < 4.78 is 13.9. The fraction of sp³-hybridized carbons (Fsp3) is 0.538.